The van der Waals surface area contributed by atoms with Crippen LogP contribution in [0.3, 0.4) is 0 Å². The van der Waals surface area contributed by atoms with Crippen LogP contribution in [0, 0.1) is 11.2 Å². The number of fused-ring (bicyclic) bond motifs is 1. The Kier molecular flexibility index (Phi) is 3.72. The highest BCUT2D eigenvalue weighted by Gasteiger charge is 2.40. The van der Waals surface area contributed by atoms with E-state index in [1.165, 1.54) is 25.3 Å². The van der Waals surface area contributed by atoms with E-state index in [-0.39, 0.29) is 11.9 Å². The number of benzene rings is 1. The summed E-state index contributed by atoms with van der Waals surface area (Å²) in [4.78, 5) is 0. The van der Waals surface area contributed by atoms with Crippen molar-refractivity contribution < 1.29 is 9.13 Å². The monoisotopic (exact) mass is 277 g/mol. The van der Waals surface area contributed by atoms with Crippen LogP contribution in [-0.2, 0) is 6.42 Å². The quantitative estimate of drug-likeness (QED) is 0.886. The zero-order valence-corrected chi connectivity index (χ0v) is 12.4. The molecule has 0 aromatic heterocycles. The molecule has 20 heavy (non-hydrogen) atoms. The van der Waals surface area contributed by atoms with Gasteiger partial charge >= 0.3 is 0 Å². The molecule has 1 unspecified atom stereocenters. The summed E-state index contributed by atoms with van der Waals surface area (Å²) in [6, 6.07) is 5.41. The van der Waals surface area contributed by atoms with Crippen molar-refractivity contribution in [1.29, 1.82) is 0 Å². The van der Waals surface area contributed by atoms with Crippen LogP contribution >= 0.6 is 0 Å². The lowest BCUT2D eigenvalue weighted by Gasteiger charge is -2.44. The van der Waals surface area contributed by atoms with Gasteiger partial charge in [-0.2, -0.15) is 0 Å². The van der Waals surface area contributed by atoms with Gasteiger partial charge < -0.3 is 10.1 Å². The largest absolute Gasteiger partial charge is 0.490 e. The van der Waals surface area contributed by atoms with E-state index in [0.29, 0.717) is 11.5 Å². The molecule has 1 atom stereocenters. The summed E-state index contributed by atoms with van der Waals surface area (Å²) in [6.07, 6.45) is 6.07. The van der Waals surface area contributed by atoms with Gasteiger partial charge in [0.25, 0.3) is 0 Å². The predicted molar refractivity (Wildman–Crippen MR) is 78.6 cm³/mol. The molecular weight excluding hydrogens is 253 g/mol. The fraction of sp³-hybridized carbons (Fsp3) is 0.647. The molecule has 110 valence electrons. The van der Waals surface area contributed by atoms with Crippen molar-refractivity contribution in [3.05, 3.63) is 29.6 Å². The first-order valence-corrected chi connectivity index (χ1v) is 7.75. The molecule has 1 saturated carbocycles. The van der Waals surface area contributed by atoms with E-state index < -0.39 is 0 Å². The number of ether oxygens (including phenoxy) is 1. The van der Waals surface area contributed by atoms with Gasteiger partial charge in [-0.15, -0.1) is 0 Å². The Morgan fingerprint density at radius 2 is 2.20 bits per heavy atom. The average molecular weight is 277 g/mol. The van der Waals surface area contributed by atoms with Crippen molar-refractivity contribution in [2.45, 2.75) is 58.1 Å². The summed E-state index contributed by atoms with van der Waals surface area (Å²) in [5.41, 5.74) is 1.43. The van der Waals surface area contributed by atoms with Gasteiger partial charge in [0.1, 0.15) is 17.7 Å². The maximum Gasteiger partial charge on any atom is 0.123 e. The summed E-state index contributed by atoms with van der Waals surface area (Å²) < 4.78 is 19.3. The summed E-state index contributed by atoms with van der Waals surface area (Å²) in [5.74, 6) is 0.718. The van der Waals surface area contributed by atoms with Gasteiger partial charge in [0.15, 0.2) is 0 Å². The summed E-state index contributed by atoms with van der Waals surface area (Å²) >= 11 is 0. The maximum absolute atomic E-state index is 13.2. The minimum Gasteiger partial charge on any atom is -0.490 e. The topological polar surface area (TPSA) is 21.3 Å². The molecular formula is C17H24FNO. The number of rotatable bonds is 5. The van der Waals surface area contributed by atoms with Gasteiger partial charge in [0, 0.05) is 24.6 Å². The molecule has 0 bridgehead atoms. The highest BCUT2D eigenvalue weighted by molar-refractivity contribution is 5.38. The molecule has 2 nitrogen and oxygen atoms in total. The summed E-state index contributed by atoms with van der Waals surface area (Å²) in [5, 5.41) is 3.58. The SMILES string of the molecule is CC(C)NCC1(CC2Cc3cc(F)ccc3O2)CCC1. The van der Waals surface area contributed by atoms with Gasteiger partial charge in [-0.3, -0.25) is 0 Å². The van der Waals surface area contributed by atoms with Crippen LogP contribution in [0.25, 0.3) is 0 Å². The van der Waals surface area contributed by atoms with Crippen molar-refractivity contribution in [2.24, 2.45) is 5.41 Å². The molecule has 1 aromatic rings. The molecule has 1 aromatic carbocycles. The third-order valence-corrected chi connectivity index (χ3v) is 4.72. The fourth-order valence-corrected chi connectivity index (χ4v) is 3.44. The smallest absolute Gasteiger partial charge is 0.123 e. The molecule has 1 heterocycles. The molecule has 2 aliphatic rings. The Morgan fingerprint density at radius 3 is 2.85 bits per heavy atom. The lowest BCUT2D eigenvalue weighted by atomic mass is 9.65. The minimum absolute atomic E-state index is 0.159. The van der Waals surface area contributed by atoms with Gasteiger partial charge in [-0.25, -0.2) is 4.39 Å². The molecule has 1 N–H and O–H groups in total. The second-order valence-electron chi connectivity index (χ2n) is 6.79. The Labute approximate surface area is 120 Å². The summed E-state index contributed by atoms with van der Waals surface area (Å²) in [6.45, 7) is 5.46. The van der Waals surface area contributed by atoms with Crippen LogP contribution in [0.1, 0.15) is 45.1 Å². The molecule has 0 spiro atoms. The molecule has 3 rings (SSSR count). The Morgan fingerprint density at radius 1 is 1.40 bits per heavy atom. The van der Waals surface area contributed by atoms with Crippen molar-refractivity contribution >= 4 is 0 Å². The first-order chi connectivity index (χ1) is 9.56. The van der Waals surface area contributed by atoms with Crippen molar-refractivity contribution in [1.82, 2.24) is 5.32 Å². The van der Waals surface area contributed by atoms with E-state index >= 15 is 0 Å². The van der Waals surface area contributed by atoms with E-state index in [9.17, 15) is 4.39 Å². The van der Waals surface area contributed by atoms with E-state index in [1.807, 2.05) is 0 Å². The van der Waals surface area contributed by atoms with Crippen molar-refractivity contribution in [3.63, 3.8) is 0 Å². The van der Waals surface area contributed by atoms with Crippen molar-refractivity contribution in [2.75, 3.05) is 6.54 Å². The number of nitrogens with one attached hydrogen (secondary N) is 1. The number of hydrogen-bond donors (Lipinski definition) is 1. The molecule has 0 radical (unpaired) electrons. The molecule has 1 aliphatic heterocycles. The second-order valence-corrected chi connectivity index (χ2v) is 6.79. The predicted octanol–water partition coefficient (Wildman–Crippen LogP) is 3.69. The molecule has 1 aliphatic carbocycles. The Balaban J connectivity index is 1.61. The zero-order chi connectivity index (χ0) is 14.2. The average Bonchev–Trinajstić information content (AvgIpc) is 2.73. The number of halogens is 1. The lowest BCUT2D eigenvalue weighted by Crippen LogP contribution is -2.44. The highest BCUT2D eigenvalue weighted by Crippen LogP contribution is 2.46. The molecule has 1 fully saturated rings. The van der Waals surface area contributed by atoms with Gasteiger partial charge in [-0.1, -0.05) is 20.3 Å². The maximum atomic E-state index is 13.2. The standard InChI is InChI=1S/C17H24FNO/c1-12(2)19-11-17(6-3-7-17)10-15-9-13-8-14(18)4-5-16(13)20-15/h4-5,8,12,15,19H,3,6-7,9-11H2,1-2H3. The Hall–Kier alpha value is -1.09. The molecule has 0 amide bonds. The van der Waals surface area contributed by atoms with E-state index in [2.05, 4.69) is 19.2 Å². The molecule has 3 heteroatoms. The third kappa shape index (κ3) is 2.83. The highest BCUT2D eigenvalue weighted by atomic mass is 19.1. The van der Waals surface area contributed by atoms with Crippen LogP contribution in [0.15, 0.2) is 18.2 Å². The fourth-order valence-electron chi connectivity index (χ4n) is 3.44. The first kappa shape index (κ1) is 13.9. The molecule has 0 saturated heterocycles. The summed E-state index contributed by atoms with van der Waals surface area (Å²) in [7, 11) is 0. The minimum atomic E-state index is -0.159. The van der Waals surface area contributed by atoms with E-state index in [4.69, 9.17) is 4.74 Å². The van der Waals surface area contributed by atoms with Crippen LogP contribution in [0.2, 0.25) is 0 Å². The van der Waals surface area contributed by atoms with E-state index in [0.717, 1.165) is 30.7 Å². The van der Waals surface area contributed by atoms with Crippen LogP contribution in [-0.4, -0.2) is 18.7 Å². The van der Waals surface area contributed by atoms with Crippen molar-refractivity contribution in [3.8, 4) is 5.75 Å². The van der Waals surface area contributed by atoms with Crippen LogP contribution in [0.4, 0.5) is 4.39 Å². The first-order valence-electron chi connectivity index (χ1n) is 7.75. The number of hydrogen-bond acceptors (Lipinski definition) is 2. The van der Waals surface area contributed by atoms with Gasteiger partial charge in [0.2, 0.25) is 0 Å². The normalized spacial score (nSPS) is 23.3. The Bertz CT molecular complexity index is 482. The van der Waals surface area contributed by atoms with Gasteiger partial charge in [-0.05, 0) is 42.9 Å². The second kappa shape index (κ2) is 5.36. The van der Waals surface area contributed by atoms with Gasteiger partial charge in [0.05, 0.1) is 0 Å². The third-order valence-electron chi connectivity index (χ3n) is 4.72. The lowest BCUT2D eigenvalue weighted by molar-refractivity contribution is 0.0590. The van der Waals surface area contributed by atoms with Crippen LogP contribution < -0.4 is 10.1 Å². The van der Waals surface area contributed by atoms with Crippen LogP contribution in [0.5, 0.6) is 5.75 Å². The zero-order valence-electron chi connectivity index (χ0n) is 12.4. The van der Waals surface area contributed by atoms with E-state index in [1.54, 1.807) is 12.1 Å².